The average molecular weight is 347 g/mol. The second-order valence-corrected chi connectivity index (χ2v) is 6.31. The predicted octanol–water partition coefficient (Wildman–Crippen LogP) is 3.85. The molecule has 3 heteroatoms. The van der Waals surface area contributed by atoms with Gasteiger partial charge in [-0.2, -0.15) is 0 Å². The van der Waals surface area contributed by atoms with Crippen molar-refractivity contribution in [3.05, 3.63) is 102 Å². The van der Waals surface area contributed by atoms with E-state index in [0.29, 0.717) is 6.54 Å². The Labute approximate surface area is 155 Å². The first-order chi connectivity index (χ1) is 12.8. The molecule has 0 saturated carbocycles. The molecule has 0 spiro atoms. The summed E-state index contributed by atoms with van der Waals surface area (Å²) in [4.78, 5) is 0. The molecular formula is C23H25NO2. The largest absolute Gasteiger partial charge is 0.491 e. The zero-order valence-corrected chi connectivity index (χ0v) is 14.8. The molecule has 3 aromatic carbocycles. The van der Waals surface area contributed by atoms with Crippen LogP contribution in [0.2, 0.25) is 0 Å². The van der Waals surface area contributed by atoms with E-state index >= 15 is 0 Å². The zero-order valence-electron chi connectivity index (χ0n) is 14.8. The molecular weight excluding hydrogens is 322 g/mol. The van der Waals surface area contributed by atoms with E-state index < -0.39 is 6.10 Å². The van der Waals surface area contributed by atoms with E-state index in [1.54, 1.807) is 0 Å². The first-order valence-corrected chi connectivity index (χ1v) is 8.99. The molecule has 0 aliphatic rings. The minimum absolute atomic E-state index is 0.250. The maximum atomic E-state index is 10.2. The molecule has 3 rings (SSSR count). The Morgan fingerprint density at radius 1 is 0.692 bits per heavy atom. The molecule has 0 saturated heterocycles. The molecule has 134 valence electrons. The minimum atomic E-state index is -0.553. The summed E-state index contributed by atoms with van der Waals surface area (Å²) in [6.07, 6.45) is -0.553. The standard InChI is InChI=1S/C23H25NO2/c25-21(18-26-22-14-8-3-9-15-22)16-24-17-23(19-10-4-1-5-11-19)20-12-6-2-7-13-20/h1-15,21,23-25H,16-18H2. The third kappa shape index (κ3) is 5.45. The van der Waals surface area contributed by atoms with Crippen LogP contribution in [0.25, 0.3) is 0 Å². The molecule has 0 radical (unpaired) electrons. The number of hydrogen-bond donors (Lipinski definition) is 2. The lowest BCUT2D eigenvalue weighted by Crippen LogP contribution is -2.34. The van der Waals surface area contributed by atoms with Gasteiger partial charge in [0.25, 0.3) is 0 Å². The Morgan fingerprint density at radius 3 is 1.73 bits per heavy atom. The smallest absolute Gasteiger partial charge is 0.119 e. The van der Waals surface area contributed by atoms with Crippen molar-refractivity contribution < 1.29 is 9.84 Å². The predicted molar refractivity (Wildman–Crippen MR) is 106 cm³/mol. The summed E-state index contributed by atoms with van der Waals surface area (Å²) in [5.41, 5.74) is 2.53. The van der Waals surface area contributed by atoms with E-state index in [-0.39, 0.29) is 12.5 Å². The number of ether oxygens (including phenoxy) is 1. The Morgan fingerprint density at radius 2 is 1.19 bits per heavy atom. The van der Waals surface area contributed by atoms with E-state index in [2.05, 4.69) is 53.8 Å². The highest BCUT2D eigenvalue weighted by molar-refractivity contribution is 5.32. The molecule has 0 aromatic heterocycles. The van der Waals surface area contributed by atoms with Crippen molar-refractivity contribution in [3.63, 3.8) is 0 Å². The quantitative estimate of drug-likeness (QED) is 0.618. The molecule has 26 heavy (non-hydrogen) atoms. The third-order valence-electron chi connectivity index (χ3n) is 4.32. The van der Waals surface area contributed by atoms with Crippen LogP contribution in [-0.2, 0) is 0 Å². The molecule has 3 nitrogen and oxygen atoms in total. The number of hydrogen-bond acceptors (Lipinski definition) is 3. The highest BCUT2D eigenvalue weighted by Gasteiger charge is 2.14. The monoisotopic (exact) mass is 347 g/mol. The van der Waals surface area contributed by atoms with Crippen LogP contribution in [0.4, 0.5) is 0 Å². The Balaban J connectivity index is 1.53. The van der Waals surface area contributed by atoms with Gasteiger partial charge in [0.15, 0.2) is 0 Å². The van der Waals surface area contributed by atoms with E-state index in [9.17, 15) is 5.11 Å². The van der Waals surface area contributed by atoms with Crippen LogP contribution < -0.4 is 10.1 Å². The van der Waals surface area contributed by atoms with Crippen LogP contribution in [-0.4, -0.2) is 30.9 Å². The SMILES string of the molecule is OC(CNCC(c1ccccc1)c1ccccc1)COc1ccccc1. The van der Waals surface area contributed by atoms with Gasteiger partial charge in [0, 0.05) is 19.0 Å². The molecule has 0 aliphatic heterocycles. The van der Waals surface area contributed by atoms with Crippen molar-refractivity contribution in [2.75, 3.05) is 19.7 Å². The summed E-state index contributed by atoms with van der Waals surface area (Å²) in [6, 6.07) is 30.5. The summed E-state index contributed by atoms with van der Waals surface area (Å²) >= 11 is 0. The molecule has 0 fully saturated rings. The van der Waals surface area contributed by atoms with Crippen molar-refractivity contribution in [1.29, 1.82) is 0 Å². The van der Waals surface area contributed by atoms with Crippen molar-refractivity contribution in [2.24, 2.45) is 0 Å². The molecule has 0 aliphatic carbocycles. The van der Waals surface area contributed by atoms with Gasteiger partial charge in [-0.15, -0.1) is 0 Å². The fourth-order valence-electron chi connectivity index (χ4n) is 2.96. The van der Waals surface area contributed by atoms with Gasteiger partial charge < -0.3 is 15.2 Å². The highest BCUT2D eigenvalue weighted by Crippen LogP contribution is 2.23. The number of rotatable bonds is 9. The van der Waals surface area contributed by atoms with Gasteiger partial charge in [0.05, 0.1) is 0 Å². The maximum absolute atomic E-state index is 10.2. The van der Waals surface area contributed by atoms with Gasteiger partial charge in [0.2, 0.25) is 0 Å². The number of aliphatic hydroxyl groups excluding tert-OH is 1. The van der Waals surface area contributed by atoms with E-state index in [1.807, 2.05) is 42.5 Å². The summed E-state index contributed by atoms with van der Waals surface area (Å²) in [7, 11) is 0. The molecule has 1 unspecified atom stereocenters. The van der Waals surface area contributed by atoms with Gasteiger partial charge in [-0.1, -0.05) is 78.9 Å². The molecule has 0 bridgehead atoms. The van der Waals surface area contributed by atoms with E-state index in [4.69, 9.17) is 4.74 Å². The van der Waals surface area contributed by atoms with Crippen LogP contribution in [0.1, 0.15) is 17.0 Å². The lowest BCUT2D eigenvalue weighted by molar-refractivity contribution is 0.106. The normalized spacial score (nSPS) is 12.1. The molecule has 2 N–H and O–H groups in total. The second-order valence-electron chi connectivity index (χ2n) is 6.31. The molecule has 0 amide bonds. The third-order valence-corrected chi connectivity index (χ3v) is 4.32. The van der Waals surface area contributed by atoms with Crippen LogP contribution >= 0.6 is 0 Å². The van der Waals surface area contributed by atoms with Crippen LogP contribution in [0, 0.1) is 0 Å². The van der Waals surface area contributed by atoms with Crippen LogP contribution in [0.15, 0.2) is 91.0 Å². The lowest BCUT2D eigenvalue weighted by atomic mass is 9.91. The Kier molecular flexibility index (Phi) is 6.82. The average Bonchev–Trinajstić information content (AvgIpc) is 2.72. The first kappa shape index (κ1) is 18.2. The van der Waals surface area contributed by atoms with Gasteiger partial charge in [-0.05, 0) is 23.3 Å². The molecule has 0 heterocycles. The van der Waals surface area contributed by atoms with Crippen molar-refractivity contribution in [2.45, 2.75) is 12.0 Å². The fraction of sp³-hybridized carbons (Fsp3) is 0.217. The van der Waals surface area contributed by atoms with Crippen LogP contribution in [0.3, 0.4) is 0 Å². The van der Waals surface area contributed by atoms with Gasteiger partial charge >= 0.3 is 0 Å². The minimum Gasteiger partial charge on any atom is -0.491 e. The lowest BCUT2D eigenvalue weighted by Gasteiger charge is -2.20. The summed E-state index contributed by atoms with van der Waals surface area (Å²) in [6.45, 7) is 1.53. The van der Waals surface area contributed by atoms with Gasteiger partial charge in [-0.25, -0.2) is 0 Å². The Hall–Kier alpha value is -2.62. The number of nitrogens with one attached hydrogen (secondary N) is 1. The summed E-state index contributed by atoms with van der Waals surface area (Å²) < 4.78 is 5.60. The first-order valence-electron chi connectivity index (χ1n) is 8.99. The summed E-state index contributed by atoms with van der Waals surface area (Å²) in [5, 5.41) is 13.6. The zero-order chi connectivity index (χ0) is 18.0. The number of para-hydroxylation sites is 1. The van der Waals surface area contributed by atoms with Gasteiger partial charge in [0.1, 0.15) is 18.5 Å². The van der Waals surface area contributed by atoms with Crippen molar-refractivity contribution >= 4 is 0 Å². The highest BCUT2D eigenvalue weighted by atomic mass is 16.5. The van der Waals surface area contributed by atoms with Gasteiger partial charge in [-0.3, -0.25) is 0 Å². The fourth-order valence-corrected chi connectivity index (χ4v) is 2.96. The van der Waals surface area contributed by atoms with E-state index in [1.165, 1.54) is 11.1 Å². The number of benzene rings is 3. The second kappa shape index (κ2) is 9.76. The molecule has 1 atom stereocenters. The molecule has 3 aromatic rings. The topological polar surface area (TPSA) is 41.5 Å². The van der Waals surface area contributed by atoms with Crippen molar-refractivity contribution in [3.8, 4) is 5.75 Å². The number of aliphatic hydroxyl groups is 1. The van der Waals surface area contributed by atoms with Crippen molar-refractivity contribution in [1.82, 2.24) is 5.32 Å². The van der Waals surface area contributed by atoms with Crippen LogP contribution in [0.5, 0.6) is 5.75 Å². The van der Waals surface area contributed by atoms with E-state index in [0.717, 1.165) is 12.3 Å². The Bertz CT molecular complexity index is 707. The summed E-state index contributed by atoms with van der Waals surface area (Å²) in [5.74, 6) is 1.03. The maximum Gasteiger partial charge on any atom is 0.119 e.